The first-order chi connectivity index (χ1) is 22.8. The van der Waals surface area contributed by atoms with Gasteiger partial charge in [0.15, 0.2) is 6.29 Å². The number of nitrogens with zero attached hydrogens (tertiary/aromatic N) is 2. The molecule has 8 aliphatic rings. The van der Waals surface area contributed by atoms with Gasteiger partial charge in [-0.2, -0.15) is 0 Å². The van der Waals surface area contributed by atoms with E-state index < -0.39 is 5.60 Å². The summed E-state index contributed by atoms with van der Waals surface area (Å²) in [5, 5.41) is 11.0. The zero-order chi connectivity index (χ0) is 33.9. The van der Waals surface area contributed by atoms with Gasteiger partial charge in [-0.05, 0) is 156 Å². The molecule has 48 heavy (non-hydrogen) atoms. The summed E-state index contributed by atoms with van der Waals surface area (Å²) >= 11 is 0. The molecule has 14 atom stereocenters. The molecule has 7 nitrogen and oxygen atoms in total. The van der Waals surface area contributed by atoms with E-state index in [4.69, 9.17) is 18.9 Å². The predicted molar refractivity (Wildman–Crippen MR) is 189 cm³/mol. The van der Waals surface area contributed by atoms with E-state index in [0.29, 0.717) is 40.9 Å². The maximum Gasteiger partial charge on any atom is 0.170 e. The molecule has 5 aliphatic carbocycles. The maximum absolute atomic E-state index is 11.0. The summed E-state index contributed by atoms with van der Waals surface area (Å²) in [6.45, 7) is 25.7. The van der Waals surface area contributed by atoms with Crippen molar-refractivity contribution in [1.29, 1.82) is 0 Å². The van der Waals surface area contributed by atoms with Crippen LogP contribution in [-0.2, 0) is 18.9 Å². The third-order valence-electron chi connectivity index (χ3n) is 17.1. The number of hydrogen-bond donors (Lipinski definition) is 1. The van der Waals surface area contributed by atoms with Crippen LogP contribution in [0.5, 0.6) is 0 Å². The highest BCUT2D eigenvalue weighted by Crippen LogP contribution is 2.89. The molecule has 274 valence electrons. The second kappa shape index (κ2) is 12.1. The minimum atomic E-state index is -0.898. The van der Waals surface area contributed by atoms with Crippen molar-refractivity contribution in [3.63, 3.8) is 0 Å². The van der Waals surface area contributed by atoms with Gasteiger partial charge in [0.2, 0.25) is 0 Å². The van der Waals surface area contributed by atoms with E-state index in [1.807, 2.05) is 20.8 Å². The number of morpholine rings is 1. The molecular formula is C41H70N2O5. The van der Waals surface area contributed by atoms with Crippen molar-refractivity contribution in [2.75, 3.05) is 45.9 Å². The Labute approximate surface area is 292 Å². The average Bonchev–Trinajstić information content (AvgIpc) is 3.40. The van der Waals surface area contributed by atoms with Crippen molar-refractivity contribution in [3.05, 3.63) is 0 Å². The fourth-order valence-corrected chi connectivity index (χ4v) is 14.8. The molecule has 2 spiro atoms. The number of likely N-dealkylation sites (tertiary alicyclic amines) is 1. The van der Waals surface area contributed by atoms with E-state index in [1.165, 1.54) is 77.4 Å². The van der Waals surface area contributed by atoms with Crippen molar-refractivity contribution < 1.29 is 24.1 Å². The number of fused-ring (bicyclic) bond motifs is 4. The van der Waals surface area contributed by atoms with Crippen LogP contribution in [0.15, 0.2) is 0 Å². The molecule has 3 aliphatic heterocycles. The minimum absolute atomic E-state index is 0.00845. The third-order valence-corrected chi connectivity index (χ3v) is 17.1. The van der Waals surface area contributed by atoms with Crippen molar-refractivity contribution in [3.8, 4) is 0 Å². The van der Waals surface area contributed by atoms with Gasteiger partial charge in [0.05, 0.1) is 30.5 Å². The van der Waals surface area contributed by atoms with E-state index in [0.717, 1.165) is 49.8 Å². The average molecular weight is 671 g/mol. The molecule has 3 heterocycles. The standard InChI is InChI=1S/C41H70N2O5/c1-9-45-36(38(6,7)44)31-13-11-29-32(47-31)23-30-28-12-14-33-37(4,5)34(15-16-41(33)27(3)40(28,41)18-17-39(29,30)8)48-35-25-43(21-22-46-35)26(2)24-42-19-10-20-42/h26-36,44H,9-25H2,1-8H3/t26-,27-,28?,29?,30?,31?,32?,33-,34-,35?,36-,39+,40-,41?/m0/s1. The molecule has 8 fully saturated rings. The fraction of sp³-hybridized carbons (Fsp3) is 1.00. The molecule has 5 saturated carbocycles. The zero-order valence-electron chi connectivity index (χ0n) is 31.8. The highest BCUT2D eigenvalue weighted by molar-refractivity contribution is 5.32. The highest BCUT2D eigenvalue weighted by Gasteiger charge is 2.84. The molecule has 1 N–H and O–H groups in total. The summed E-state index contributed by atoms with van der Waals surface area (Å²) in [6.07, 6.45) is 13.0. The number of hydrogen-bond acceptors (Lipinski definition) is 7. The lowest BCUT2D eigenvalue weighted by Gasteiger charge is -2.60. The highest BCUT2D eigenvalue weighted by atomic mass is 16.7. The van der Waals surface area contributed by atoms with Gasteiger partial charge in [-0.25, -0.2) is 0 Å². The van der Waals surface area contributed by atoms with Gasteiger partial charge in [-0.1, -0.05) is 27.7 Å². The number of aliphatic hydroxyl groups is 1. The molecular weight excluding hydrogens is 600 g/mol. The van der Waals surface area contributed by atoms with E-state index in [2.05, 4.69) is 44.4 Å². The molecule has 0 amide bonds. The number of ether oxygens (including phenoxy) is 4. The van der Waals surface area contributed by atoms with Gasteiger partial charge in [0.25, 0.3) is 0 Å². The first-order valence-electron chi connectivity index (χ1n) is 20.5. The molecule has 0 bridgehead atoms. The molecule has 0 aromatic heterocycles. The Bertz CT molecular complexity index is 1190. The summed E-state index contributed by atoms with van der Waals surface area (Å²) in [5.41, 5.74) is 0.613. The normalized spacial score (nSPS) is 49.8. The Morgan fingerprint density at radius 1 is 0.938 bits per heavy atom. The largest absolute Gasteiger partial charge is 0.388 e. The van der Waals surface area contributed by atoms with Crippen molar-refractivity contribution in [2.24, 2.45) is 51.2 Å². The van der Waals surface area contributed by atoms with Crippen LogP contribution in [0, 0.1) is 51.2 Å². The maximum atomic E-state index is 11.0. The van der Waals surface area contributed by atoms with Crippen LogP contribution in [0.2, 0.25) is 0 Å². The van der Waals surface area contributed by atoms with E-state index in [-0.39, 0.29) is 30.0 Å². The molecule has 0 radical (unpaired) electrons. The lowest BCUT2D eigenvalue weighted by atomic mass is 9.46. The van der Waals surface area contributed by atoms with Crippen LogP contribution in [-0.4, -0.2) is 103 Å². The van der Waals surface area contributed by atoms with Crippen molar-refractivity contribution in [1.82, 2.24) is 9.80 Å². The quantitative estimate of drug-likeness (QED) is 0.291. The van der Waals surface area contributed by atoms with E-state index in [1.54, 1.807) is 0 Å². The van der Waals surface area contributed by atoms with Crippen LogP contribution in [0.3, 0.4) is 0 Å². The summed E-state index contributed by atoms with van der Waals surface area (Å²) in [6, 6.07) is 0.561. The topological polar surface area (TPSA) is 63.6 Å². The van der Waals surface area contributed by atoms with Crippen LogP contribution >= 0.6 is 0 Å². The number of rotatable bonds is 9. The SMILES string of the molecule is CCO[C@@H](C1CCC2C(CC3C4CC[C@H]5C(C)(C)[C@@H](OC6CN([C@@H](C)CN7CCC7)CCO6)CCC56[C@@H](C)[C@@]46CC[C@]23C)O1)C(C)(C)O. The Hall–Kier alpha value is -0.280. The van der Waals surface area contributed by atoms with Crippen LogP contribution in [0.25, 0.3) is 0 Å². The van der Waals surface area contributed by atoms with Gasteiger partial charge in [0.1, 0.15) is 6.10 Å². The fourth-order valence-electron chi connectivity index (χ4n) is 14.8. The first kappa shape index (κ1) is 34.8. The van der Waals surface area contributed by atoms with Gasteiger partial charge < -0.3 is 29.0 Å². The lowest BCUT2D eigenvalue weighted by molar-refractivity contribution is -0.248. The molecule has 7 unspecified atom stereocenters. The second-order valence-electron chi connectivity index (χ2n) is 19.6. The second-order valence-corrected chi connectivity index (χ2v) is 19.6. The van der Waals surface area contributed by atoms with Crippen molar-refractivity contribution in [2.45, 2.75) is 162 Å². The minimum Gasteiger partial charge on any atom is -0.388 e. The molecule has 0 aromatic rings. The lowest BCUT2D eigenvalue weighted by Crippen LogP contribution is -2.57. The molecule has 3 saturated heterocycles. The molecule has 8 rings (SSSR count). The molecule has 7 heteroatoms. The van der Waals surface area contributed by atoms with Crippen LogP contribution in [0.4, 0.5) is 0 Å². The predicted octanol–water partition coefficient (Wildman–Crippen LogP) is 6.75. The van der Waals surface area contributed by atoms with E-state index >= 15 is 0 Å². The van der Waals surface area contributed by atoms with E-state index in [9.17, 15) is 5.11 Å². The van der Waals surface area contributed by atoms with Crippen LogP contribution in [0.1, 0.15) is 120 Å². The Balaban J connectivity index is 0.959. The van der Waals surface area contributed by atoms with Crippen molar-refractivity contribution >= 4 is 0 Å². The Morgan fingerprint density at radius 3 is 2.42 bits per heavy atom. The summed E-state index contributed by atoms with van der Waals surface area (Å²) in [5.74, 6) is 3.76. The zero-order valence-corrected chi connectivity index (χ0v) is 31.8. The summed E-state index contributed by atoms with van der Waals surface area (Å²) in [4.78, 5) is 5.22. The first-order valence-corrected chi connectivity index (χ1v) is 20.5. The van der Waals surface area contributed by atoms with Crippen LogP contribution < -0.4 is 0 Å². The monoisotopic (exact) mass is 671 g/mol. The Kier molecular flexibility index (Phi) is 8.79. The summed E-state index contributed by atoms with van der Waals surface area (Å²) < 4.78 is 26.5. The molecule has 0 aromatic carbocycles. The van der Waals surface area contributed by atoms with Gasteiger partial charge in [0, 0.05) is 32.3 Å². The van der Waals surface area contributed by atoms with Gasteiger partial charge >= 0.3 is 0 Å². The van der Waals surface area contributed by atoms with Gasteiger partial charge in [-0.15, -0.1) is 0 Å². The third kappa shape index (κ3) is 5.04. The summed E-state index contributed by atoms with van der Waals surface area (Å²) in [7, 11) is 0. The van der Waals surface area contributed by atoms with Gasteiger partial charge in [-0.3, -0.25) is 4.90 Å². The smallest absolute Gasteiger partial charge is 0.170 e. The Morgan fingerprint density at radius 2 is 1.71 bits per heavy atom.